The summed E-state index contributed by atoms with van der Waals surface area (Å²) in [5.74, 6) is 0.166. The summed E-state index contributed by atoms with van der Waals surface area (Å²) in [6.45, 7) is 3.60. The fraction of sp³-hybridized carbons (Fsp3) is 0.400. The van der Waals surface area contributed by atoms with E-state index in [1.807, 2.05) is 24.3 Å². The summed E-state index contributed by atoms with van der Waals surface area (Å²) in [5, 5.41) is 0. The molecule has 3 rings (SSSR count). The van der Waals surface area contributed by atoms with Crippen molar-refractivity contribution in [2.24, 2.45) is 11.7 Å². The van der Waals surface area contributed by atoms with Gasteiger partial charge < -0.3 is 10.6 Å². The molecule has 1 heterocycles. The molecule has 1 unspecified atom stereocenters. The molecule has 1 aliphatic heterocycles. The van der Waals surface area contributed by atoms with Gasteiger partial charge in [-0.25, -0.2) is 8.78 Å². The van der Waals surface area contributed by atoms with Gasteiger partial charge in [0.15, 0.2) is 0 Å². The molecule has 1 fully saturated rings. The first-order valence-electron chi connectivity index (χ1n) is 8.59. The second-order valence-electron chi connectivity index (χ2n) is 6.66. The van der Waals surface area contributed by atoms with E-state index in [1.54, 1.807) is 0 Å². The molecule has 1 aliphatic rings. The van der Waals surface area contributed by atoms with Crippen LogP contribution in [0.25, 0.3) is 0 Å². The lowest BCUT2D eigenvalue weighted by Gasteiger charge is -2.35. The number of nitrogens with zero attached hydrogens (tertiary/aromatic N) is 1. The topological polar surface area (TPSA) is 29.3 Å². The monoisotopic (exact) mass is 330 g/mol. The van der Waals surface area contributed by atoms with Crippen molar-refractivity contribution in [3.05, 3.63) is 71.3 Å². The molecule has 0 bridgehead atoms. The number of rotatable bonds is 5. The van der Waals surface area contributed by atoms with Crippen LogP contribution in [0.4, 0.5) is 8.78 Å². The maximum absolute atomic E-state index is 13.3. The third kappa shape index (κ3) is 4.19. The quantitative estimate of drug-likeness (QED) is 0.904. The standard InChI is InChI=1S/C20H24F2N2/c21-18-7-3-16(4-8-18)20(17-5-9-19(22)10-6-17)14-24-11-1-2-15(12-23)13-24/h3-10,15,20H,1-2,11-14,23H2. The van der Waals surface area contributed by atoms with Gasteiger partial charge in [-0.2, -0.15) is 0 Å². The Morgan fingerprint density at radius 3 is 2.00 bits per heavy atom. The predicted octanol–water partition coefficient (Wildman–Crippen LogP) is 3.77. The second kappa shape index (κ2) is 7.86. The van der Waals surface area contributed by atoms with Crippen LogP contribution >= 0.6 is 0 Å². The van der Waals surface area contributed by atoms with Gasteiger partial charge in [0.25, 0.3) is 0 Å². The molecular weight excluding hydrogens is 306 g/mol. The molecule has 0 aliphatic carbocycles. The number of hydrogen-bond donors (Lipinski definition) is 1. The summed E-state index contributed by atoms with van der Waals surface area (Å²) in [6, 6.07) is 13.3. The maximum atomic E-state index is 13.3. The van der Waals surface area contributed by atoms with Crippen LogP contribution in [-0.4, -0.2) is 31.1 Å². The number of nitrogens with two attached hydrogens (primary N) is 1. The fourth-order valence-corrected chi connectivity index (χ4v) is 3.56. The Morgan fingerprint density at radius 1 is 0.958 bits per heavy atom. The van der Waals surface area contributed by atoms with E-state index in [2.05, 4.69) is 4.90 Å². The predicted molar refractivity (Wildman–Crippen MR) is 92.9 cm³/mol. The van der Waals surface area contributed by atoms with Crippen LogP contribution in [0.5, 0.6) is 0 Å². The number of hydrogen-bond acceptors (Lipinski definition) is 2. The van der Waals surface area contributed by atoms with E-state index in [-0.39, 0.29) is 17.6 Å². The van der Waals surface area contributed by atoms with Crippen molar-refractivity contribution in [2.45, 2.75) is 18.8 Å². The molecule has 24 heavy (non-hydrogen) atoms. The minimum atomic E-state index is -0.238. The van der Waals surface area contributed by atoms with Crippen LogP contribution in [0.15, 0.2) is 48.5 Å². The highest BCUT2D eigenvalue weighted by Gasteiger charge is 2.23. The lowest BCUT2D eigenvalue weighted by atomic mass is 9.89. The third-order valence-corrected chi connectivity index (χ3v) is 4.92. The van der Waals surface area contributed by atoms with Crippen LogP contribution < -0.4 is 5.73 Å². The fourth-order valence-electron chi connectivity index (χ4n) is 3.56. The Kier molecular flexibility index (Phi) is 5.59. The van der Waals surface area contributed by atoms with Gasteiger partial charge in [-0.15, -0.1) is 0 Å². The molecule has 2 aromatic carbocycles. The number of halogens is 2. The SMILES string of the molecule is NCC1CCCN(CC(c2ccc(F)cc2)c2ccc(F)cc2)C1. The lowest BCUT2D eigenvalue weighted by Crippen LogP contribution is -2.40. The molecule has 2 aromatic rings. The molecule has 0 radical (unpaired) electrons. The van der Waals surface area contributed by atoms with Gasteiger partial charge in [-0.3, -0.25) is 0 Å². The van der Waals surface area contributed by atoms with Gasteiger partial charge in [-0.1, -0.05) is 24.3 Å². The van der Waals surface area contributed by atoms with E-state index < -0.39 is 0 Å². The smallest absolute Gasteiger partial charge is 0.123 e. The highest BCUT2D eigenvalue weighted by Crippen LogP contribution is 2.28. The van der Waals surface area contributed by atoms with Crippen molar-refractivity contribution in [1.82, 2.24) is 4.90 Å². The molecule has 0 aromatic heterocycles. The van der Waals surface area contributed by atoms with Crippen LogP contribution in [-0.2, 0) is 0 Å². The van der Waals surface area contributed by atoms with Crippen molar-refractivity contribution < 1.29 is 8.78 Å². The zero-order chi connectivity index (χ0) is 16.9. The molecule has 2 nitrogen and oxygen atoms in total. The molecule has 0 spiro atoms. The first-order chi connectivity index (χ1) is 11.7. The highest BCUT2D eigenvalue weighted by molar-refractivity contribution is 5.33. The number of piperidine rings is 1. The van der Waals surface area contributed by atoms with Gasteiger partial charge >= 0.3 is 0 Å². The van der Waals surface area contributed by atoms with E-state index in [0.29, 0.717) is 12.5 Å². The lowest BCUT2D eigenvalue weighted by molar-refractivity contribution is 0.173. The summed E-state index contributed by atoms with van der Waals surface area (Å²) in [6.07, 6.45) is 2.34. The van der Waals surface area contributed by atoms with Crippen molar-refractivity contribution in [1.29, 1.82) is 0 Å². The number of likely N-dealkylation sites (tertiary alicyclic amines) is 1. The molecule has 1 saturated heterocycles. The van der Waals surface area contributed by atoms with Gasteiger partial charge in [0.2, 0.25) is 0 Å². The molecule has 0 saturated carbocycles. The second-order valence-corrected chi connectivity index (χ2v) is 6.66. The Morgan fingerprint density at radius 2 is 1.50 bits per heavy atom. The first kappa shape index (κ1) is 17.1. The summed E-state index contributed by atoms with van der Waals surface area (Å²) in [5.41, 5.74) is 7.95. The summed E-state index contributed by atoms with van der Waals surface area (Å²) >= 11 is 0. The highest BCUT2D eigenvalue weighted by atomic mass is 19.1. The average molecular weight is 330 g/mol. The van der Waals surface area contributed by atoms with E-state index in [9.17, 15) is 8.78 Å². The van der Waals surface area contributed by atoms with Gasteiger partial charge in [-0.05, 0) is 67.2 Å². The third-order valence-electron chi connectivity index (χ3n) is 4.92. The van der Waals surface area contributed by atoms with Crippen molar-refractivity contribution in [2.75, 3.05) is 26.2 Å². The Bertz CT molecular complexity index is 594. The van der Waals surface area contributed by atoms with Crippen LogP contribution in [0.1, 0.15) is 29.9 Å². The van der Waals surface area contributed by atoms with Crippen molar-refractivity contribution in [3.8, 4) is 0 Å². The van der Waals surface area contributed by atoms with E-state index in [1.165, 1.54) is 30.7 Å². The zero-order valence-corrected chi connectivity index (χ0v) is 13.8. The first-order valence-corrected chi connectivity index (χ1v) is 8.59. The van der Waals surface area contributed by atoms with Crippen LogP contribution in [0, 0.1) is 17.6 Å². The molecule has 2 N–H and O–H groups in total. The molecular formula is C20H24F2N2. The summed E-state index contributed by atoms with van der Waals surface area (Å²) in [4.78, 5) is 2.43. The van der Waals surface area contributed by atoms with E-state index in [0.717, 1.165) is 37.2 Å². The Balaban J connectivity index is 1.84. The zero-order valence-electron chi connectivity index (χ0n) is 13.8. The van der Waals surface area contributed by atoms with E-state index in [4.69, 9.17) is 5.73 Å². The van der Waals surface area contributed by atoms with Gasteiger partial charge in [0.1, 0.15) is 11.6 Å². The van der Waals surface area contributed by atoms with Gasteiger partial charge in [0, 0.05) is 19.0 Å². The minimum Gasteiger partial charge on any atom is -0.330 e. The normalized spacial score (nSPS) is 18.9. The van der Waals surface area contributed by atoms with Crippen LogP contribution in [0.3, 0.4) is 0 Å². The maximum Gasteiger partial charge on any atom is 0.123 e. The Hall–Kier alpha value is -1.78. The minimum absolute atomic E-state index is 0.0997. The summed E-state index contributed by atoms with van der Waals surface area (Å²) in [7, 11) is 0. The summed E-state index contributed by atoms with van der Waals surface area (Å²) < 4.78 is 26.6. The van der Waals surface area contributed by atoms with Crippen LogP contribution in [0.2, 0.25) is 0 Å². The molecule has 4 heteroatoms. The van der Waals surface area contributed by atoms with Crippen molar-refractivity contribution >= 4 is 0 Å². The largest absolute Gasteiger partial charge is 0.330 e. The Labute approximate surface area is 142 Å². The van der Waals surface area contributed by atoms with E-state index >= 15 is 0 Å². The molecule has 0 amide bonds. The number of benzene rings is 2. The van der Waals surface area contributed by atoms with Gasteiger partial charge in [0.05, 0.1) is 0 Å². The van der Waals surface area contributed by atoms with Crippen molar-refractivity contribution in [3.63, 3.8) is 0 Å². The average Bonchev–Trinajstić information content (AvgIpc) is 2.62. The molecule has 1 atom stereocenters. The molecule has 128 valence electrons.